The summed E-state index contributed by atoms with van der Waals surface area (Å²) < 4.78 is 19.3. The molecule has 0 radical (unpaired) electrons. The zero-order chi connectivity index (χ0) is 14.8. The van der Waals surface area contributed by atoms with E-state index >= 15 is 0 Å². The third-order valence-corrected chi connectivity index (χ3v) is 3.35. The Morgan fingerprint density at radius 3 is 2.75 bits per heavy atom. The van der Waals surface area contributed by atoms with Crippen LogP contribution in [0.4, 0.5) is 4.39 Å². The molecule has 0 saturated heterocycles. The molecular formula is C16H25ClFNO. The molecule has 114 valence electrons. The molecule has 4 heteroatoms. The van der Waals surface area contributed by atoms with Crippen LogP contribution >= 0.6 is 11.6 Å². The summed E-state index contributed by atoms with van der Waals surface area (Å²) in [6, 6.07) is 4.95. The average molecular weight is 302 g/mol. The van der Waals surface area contributed by atoms with Crippen molar-refractivity contribution < 1.29 is 9.13 Å². The van der Waals surface area contributed by atoms with Gasteiger partial charge in [-0.15, -0.1) is 0 Å². The maximum absolute atomic E-state index is 13.8. The molecule has 1 aromatic carbocycles. The van der Waals surface area contributed by atoms with Crippen LogP contribution in [0.25, 0.3) is 0 Å². The first-order valence-corrected chi connectivity index (χ1v) is 7.80. The Morgan fingerprint density at radius 1 is 1.25 bits per heavy atom. The first-order valence-electron chi connectivity index (χ1n) is 7.42. The van der Waals surface area contributed by atoms with E-state index in [9.17, 15) is 4.39 Å². The highest BCUT2D eigenvalue weighted by Gasteiger charge is 2.12. The van der Waals surface area contributed by atoms with Crippen molar-refractivity contribution in [2.75, 3.05) is 19.8 Å². The molecular weight excluding hydrogens is 277 g/mol. The van der Waals surface area contributed by atoms with Crippen LogP contribution in [0.2, 0.25) is 5.02 Å². The van der Waals surface area contributed by atoms with Gasteiger partial charge in [0.15, 0.2) is 0 Å². The molecule has 20 heavy (non-hydrogen) atoms. The fraction of sp³-hybridized carbons (Fsp3) is 0.625. The van der Waals surface area contributed by atoms with Crippen LogP contribution in [0, 0.1) is 5.82 Å². The van der Waals surface area contributed by atoms with Gasteiger partial charge in [-0.05, 0) is 56.0 Å². The quantitative estimate of drug-likeness (QED) is 0.654. The molecule has 1 unspecified atom stereocenters. The molecule has 1 aromatic rings. The van der Waals surface area contributed by atoms with Crippen LogP contribution in [0.3, 0.4) is 0 Å². The largest absolute Gasteiger partial charge is 0.381 e. The van der Waals surface area contributed by atoms with E-state index in [1.165, 1.54) is 6.07 Å². The lowest BCUT2D eigenvalue weighted by Gasteiger charge is -2.19. The number of hydrogen-bond donors (Lipinski definition) is 1. The predicted octanol–water partition coefficient (Wildman–Crippen LogP) is 4.21. The molecule has 0 aliphatic rings. The molecule has 2 nitrogen and oxygen atoms in total. The van der Waals surface area contributed by atoms with Gasteiger partial charge in [0.1, 0.15) is 5.82 Å². The van der Waals surface area contributed by atoms with Gasteiger partial charge in [-0.3, -0.25) is 0 Å². The summed E-state index contributed by atoms with van der Waals surface area (Å²) in [5.41, 5.74) is 0.668. The van der Waals surface area contributed by atoms with Crippen molar-refractivity contribution >= 4 is 11.6 Å². The first kappa shape index (κ1) is 17.4. The molecule has 0 fully saturated rings. The second-order valence-electron chi connectivity index (χ2n) is 4.99. The van der Waals surface area contributed by atoms with Crippen molar-refractivity contribution in [2.24, 2.45) is 0 Å². The Labute approximate surface area is 126 Å². The minimum atomic E-state index is -0.188. The molecule has 0 bridgehead atoms. The highest BCUT2D eigenvalue weighted by atomic mass is 35.5. The van der Waals surface area contributed by atoms with Crippen LogP contribution in [0.5, 0.6) is 0 Å². The van der Waals surface area contributed by atoms with Crippen molar-refractivity contribution in [2.45, 2.75) is 45.6 Å². The number of hydrogen-bond acceptors (Lipinski definition) is 2. The van der Waals surface area contributed by atoms with Crippen molar-refractivity contribution in [3.05, 3.63) is 34.6 Å². The molecule has 0 spiro atoms. The van der Waals surface area contributed by atoms with Gasteiger partial charge in [-0.25, -0.2) is 4.39 Å². The molecule has 1 N–H and O–H groups in total. The lowest BCUT2D eigenvalue weighted by molar-refractivity contribution is 0.124. The van der Waals surface area contributed by atoms with Gasteiger partial charge in [0, 0.05) is 24.3 Å². The third-order valence-electron chi connectivity index (χ3n) is 3.12. The maximum atomic E-state index is 13.8. The van der Waals surface area contributed by atoms with Crippen molar-refractivity contribution in [1.29, 1.82) is 0 Å². The Balaban J connectivity index is 2.55. The highest BCUT2D eigenvalue weighted by molar-refractivity contribution is 6.30. The van der Waals surface area contributed by atoms with E-state index in [1.807, 2.05) is 0 Å². The summed E-state index contributed by atoms with van der Waals surface area (Å²) in [6.07, 6.45) is 3.61. The fourth-order valence-corrected chi connectivity index (χ4v) is 2.26. The van der Waals surface area contributed by atoms with Gasteiger partial charge >= 0.3 is 0 Å². The Bertz CT molecular complexity index is 387. The van der Waals surface area contributed by atoms with E-state index in [4.69, 9.17) is 16.3 Å². The van der Waals surface area contributed by atoms with E-state index in [2.05, 4.69) is 19.2 Å². The number of nitrogens with one attached hydrogen (secondary N) is 1. The minimum Gasteiger partial charge on any atom is -0.381 e. The topological polar surface area (TPSA) is 21.3 Å². The molecule has 0 aliphatic heterocycles. The highest BCUT2D eigenvalue weighted by Crippen LogP contribution is 2.17. The van der Waals surface area contributed by atoms with Gasteiger partial charge in [0.25, 0.3) is 0 Å². The summed E-state index contributed by atoms with van der Waals surface area (Å²) in [4.78, 5) is 0. The third kappa shape index (κ3) is 6.69. The average Bonchev–Trinajstić information content (AvgIpc) is 2.44. The van der Waals surface area contributed by atoms with E-state index in [-0.39, 0.29) is 11.9 Å². The second kappa shape index (κ2) is 10.1. The van der Waals surface area contributed by atoms with Crippen molar-refractivity contribution in [3.63, 3.8) is 0 Å². The molecule has 0 saturated carbocycles. The molecule has 0 aromatic heterocycles. The zero-order valence-electron chi connectivity index (χ0n) is 12.4. The van der Waals surface area contributed by atoms with Crippen LogP contribution in [-0.2, 0) is 11.2 Å². The number of ether oxygens (including phenoxy) is 1. The lowest BCUT2D eigenvalue weighted by Crippen LogP contribution is -2.33. The van der Waals surface area contributed by atoms with Crippen molar-refractivity contribution in [3.8, 4) is 0 Å². The van der Waals surface area contributed by atoms with Crippen molar-refractivity contribution in [1.82, 2.24) is 5.32 Å². The number of halogens is 2. The monoisotopic (exact) mass is 301 g/mol. The van der Waals surface area contributed by atoms with E-state index in [0.29, 0.717) is 23.6 Å². The Kier molecular flexibility index (Phi) is 8.83. The summed E-state index contributed by atoms with van der Waals surface area (Å²) in [5, 5.41) is 4.03. The molecule has 0 amide bonds. The summed E-state index contributed by atoms with van der Waals surface area (Å²) >= 11 is 5.94. The summed E-state index contributed by atoms with van der Waals surface area (Å²) in [7, 11) is 0. The van der Waals surface area contributed by atoms with E-state index in [0.717, 1.165) is 32.4 Å². The van der Waals surface area contributed by atoms with Gasteiger partial charge in [0.05, 0.1) is 0 Å². The van der Waals surface area contributed by atoms with Gasteiger partial charge in [-0.1, -0.05) is 25.4 Å². The smallest absolute Gasteiger partial charge is 0.126 e. The Morgan fingerprint density at radius 2 is 2.05 bits per heavy atom. The summed E-state index contributed by atoms with van der Waals surface area (Å²) in [6.45, 7) is 6.63. The Hall–Kier alpha value is -0.640. The van der Waals surface area contributed by atoms with Crippen LogP contribution in [-0.4, -0.2) is 25.8 Å². The minimum absolute atomic E-state index is 0.188. The molecule has 0 heterocycles. The SMILES string of the molecule is CCCNC(CCOCCC)Cc1cc(Cl)ccc1F. The molecule has 1 rings (SSSR count). The normalized spacial score (nSPS) is 12.6. The lowest BCUT2D eigenvalue weighted by atomic mass is 10.0. The zero-order valence-corrected chi connectivity index (χ0v) is 13.2. The predicted molar refractivity (Wildman–Crippen MR) is 82.9 cm³/mol. The second-order valence-corrected chi connectivity index (χ2v) is 5.43. The number of rotatable bonds is 10. The van der Waals surface area contributed by atoms with Crippen LogP contribution < -0.4 is 5.32 Å². The van der Waals surface area contributed by atoms with E-state index < -0.39 is 0 Å². The standard InChI is InChI=1S/C16H25ClFNO/c1-3-8-19-15(7-10-20-9-4-2)12-13-11-14(17)5-6-16(13)18/h5-6,11,15,19H,3-4,7-10,12H2,1-2H3. The first-order chi connectivity index (χ1) is 9.67. The molecule has 0 aliphatic carbocycles. The summed E-state index contributed by atoms with van der Waals surface area (Å²) in [5.74, 6) is -0.188. The maximum Gasteiger partial charge on any atom is 0.126 e. The van der Waals surface area contributed by atoms with Crippen LogP contribution in [0.1, 0.15) is 38.7 Å². The van der Waals surface area contributed by atoms with Gasteiger partial charge in [0.2, 0.25) is 0 Å². The molecule has 1 atom stereocenters. The number of benzene rings is 1. The van der Waals surface area contributed by atoms with Gasteiger partial charge in [-0.2, -0.15) is 0 Å². The fourth-order valence-electron chi connectivity index (χ4n) is 2.06. The van der Waals surface area contributed by atoms with Crippen LogP contribution in [0.15, 0.2) is 18.2 Å². The van der Waals surface area contributed by atoms with Gasteiger partial charge < -0.3 is 10.1 Å². The van der Waals surface area contributed by atoms with E-state index in [1.54, 1.807) is 12.1 Å².